The van der Waals surface area contributed by atoms with Crippen LogP contribution in [0.4, 0.5) is 5.69 Å². The highest BCUT2D eigenvalue weighted by molar-refractivity contribution is 7.98. The Morgan fingerprint density at radius 3 is 2.37 bits per heavy atom. The fraction of sp³-hybridized carbons (Fsp3) is 0.0909. The number of hydrogen-bond acceptors (Lipinski definition) is 5. The molecule has 1 heterocycles. The number of rotatable bonds is 6. The van der Waals surface area contributed by atoms with Gasteiger partial charge in [-0.2, -0.15) is 0 Å². The molecule has 0 atom stereocenters. The number of halogens is 1. The highest BCUT2D eigenvalue weighted by Gasteiger charge is 2.17. The minimum absolute atomic E-state index is 0.0804. The topological polar surface area (TPSA) is 73.8 Å². The first-order valence-electron chi connectivity index (χ1n) is 9.16. The molecule has 3 aromatic carbocycles. The molecule has 0 saturated carbocycles. The summed E-state index contributed by atoms with van der Waals surface area (Å²) in [5.74, 6) is 1.34. The van der Waals surface area contributed by atoms with Gasteiger partial charge in [0.05, 0.1) is 10.6 Å². The van der Waals surface area contributed by atoms with E-state index in [-0.39, 0.29) is 5.69 Å². The van der Waals surface area contributed by atoms with E-state index in [0.717, 1.165) is 33.4 Å². The van der Waals surface area contributed by atoms with Gasteiger partial charge in [-0.25, -0.2) is 0 Å². The Labute approximate surface area is 182 Å². The van der Waals surface area contributed by atoms with Gasteiger partial charge in [0.2, 0.25) is 0 Å². The summed E-state index contributed by atoms with van der Waals surface area (Å²) in [5.41, 5.74) is 4.07. The number of nitro benzene ring substituents is 1. The van der Waals surface area contributed by atoms with Crippen LogP contribution in [0.25, 0.3) is 17.1 Å². The molecule has 8 heteroatoms. The number of aromatic nitrogens is 3. The molecule has 0 unspecified atom stereocenters. The molecule has 0 saturated heterocycles. The molecule has 0 spiro atoms. The number of thioether (sulfide) groups is 1. The Morgan fingerprint density at radius 1 is 1.00 bits per heavy atom. The van der Waals surface area contributed by atoms with Gasteiger partial charge < -0.3 is 0 Å². The quantitative estimate of drug-likeness (QED) is 0.207. The van der Waals surface area contributed by atoms with E-state index in [9.17, 15) is 10.1 Å². The lowest BCUT2D eigenvalue weighted by Crippen LogP contribution is -2.02. The van der Waals surface area contributed by atoms with Crippen LogP contribution < -0.4 is 0 Å². The molecular formula is C22H17ClN4O2S. The summed E-state index contributed by atoms with van der Waals surface area (Å²) in [6.07, 6.45) is 0. The number of non-ortho nitro benzene ring substituents is 1. The van der Waals surface area contributed by atoms with Gasteiger partial charge in [-0.1, -0.05) is 53.7 Å². The highest BCUT2D eigenvalue weighted by Crippen LogP contribution is 2.31. The number of benzene rings is 3. The second-order valence-corrected chi connectivity index (χ2v) is 8.03. The monoisotopic (exact) mass is 436 g/mol. The fourth-order valence-electron chi connectivity index (χ4n) is 3.04. The lowest BCUT2D eigenvalue weighted by molar-refractivity contribution is -0.384. The molecule has 0 radical (unpaired) electrons. The van der Waals surface area contributed by atoms with Crippen molar-refractivity contribution >= 4 is 29.1 Å². The van der Waals surface area contributed by atoms with Crippen LogP contribution >= 0.6 is 23.4 Å². The van der Waals surface area contributed by atoms with E-state index in [1.165, 1.54) is 23.9 Å². The Balaban J connectivity index is 1.70. The molecule has 4 aromatic rings. The second-order valence-electron chi connectivity index (χ2n) is 6.65. The van der Waals surface area contributed by atoms with Crippen LogP contribution in [-0.2, 0) is 5.75 Å². The van der Waals surface area contributed by atoms with E-state index >= 15 is 0 Å². The summed E-state index contributed by atoms with van der Waals surface area (Å²) in [6.45, 7) is 2.05. The van der Waals surface area contributed by atoms with Crippen LogP contribution in [0.5, 0.6) is 0 Å². The first-order valence-corrected chi connectivity index (χ1v) is 10.5. The van der Waals surface area contributed by atoms with E-state index in [1.807, 2.05) is 60.0 Å². The zero-order valence-electron chi connectivity index (χ0n) is 16.0. The van der Waals surface area contributed by atoms with E-state index in [4.69, 9.17) is 11.6 Å². The molecular weight excluding hydrogens is 420 g/mol. The van der Waals surface area contributed by atoms with Crippen molar-refractivity contribution in [1.82, 2.24) is 14.8 Å². The van der Waals surface area contributed by atoms with Gasteiger partial charge in [0.25, 0.3) is 5.69 Å². The van der Waals surface area contributed by atoms with Crippen LogP contribution in [0, 0.1) is 17.0 Å². The number of para-hydroxylation sites is 1. The predicted octanol–water partition coefficient (Wildman–Crippen LogP) is 6.10. The predicted molar refractivity (Wildman–Crippen MR) is 119 cm³/mol. The van der Waals surface area contributed by atoms with Crippen molar-refractivity contribution in [1.29, 1.82) is 0 Å². The Morgan fingerprint density at radius 2 is 1.70 bits per heavy atom. The molecule has 4 rings (SSSR count). The van der Waals surface area contributed by atoms with Gasteiger partial charge in [0, 0.05) is 28.5 Å². The summed E-state index contributed by atoms with van der Waals surface area (Å²) in [4.78, 5) is 10.5. The first-order chi connectivity index (χ1) is 14.5. The summed E-state index contributed by atoms with van der Waals surface area (Å²) in [6, 6.07) is 22.1. The van der Waals surface area contributed by atoms with Crippen LogP contribution in [0.2, 0.25) is 5.02 Å². The maximum absolute atomic E-state index is 10.9. The van der Waals surface area contributed by atoms with Gasteiger partial charge in [-0.3, -0.25) is 14.7 Å². The average molecular weight is 437 g/mol. The van der Waals surface area contributed by atoms with Gasteiger partial charge in [-0.15, -0.1) is 10.2 Å². The molecule has 6 nitrogen and oxygen atoms in total. The van der Waals surface area contributed by atoms with Gasteiger partial charge in [-0.05, 0) is 48.4 Å². The third-order valence-corrected chi connectivity index (χ3v) is 5.86. The number of hydrogen-bond donors (Lipinski definition) is 0. The number of aryl methyl sites for hydroxylation is 1. The molecule has 0 fully saturated rings. The summed E-state index contributed by atoms with van der Waals surface area (Å²) < 4.78 is 2.04. The molecule has 30 heavy (non-hydrogen) atoms. The first kappa shape index (κ1) is 20.1. The second kappa shape index (κ2) is 8.69. The largest absolute Gasteiger partial charge is 0.270 e. The van der Waals surface area contributed by atoms with E-state index in [1.54, 1.807) is 12.1 Å². The maximum atomic E-state index is 10.9. The summed E-state index contributed by atoms with van der Waals surface area (Å²) in [5, 5.41) is 21.1. The minimum atomic E-state index is -0.399. The van der Waals surface area contributed by atoms with E-state index in [2.05, 4.69) is 10.2 Å². The van der Waals surface area contributed by atoms with Gasteiger partial charge >= 0.3 is 0 Å². The van der Waals surface area contributed by atoms with Crippen molar-refractivity contribution in [2.75, 3.05) is 0 Å². The van der Waals surface area contributed by atoms with E-state index < -0.39 is 4.92 Å². The number of nitro groups is 1. The zero-order chi connectivity index (χ0) is 21.1. The van der Waals surface area contributed by atoms with Gasteiger partial charge in [0.15, 0.2) is 11.0 Å². The highest BCUT2D eigenvalue weighted by atomic mass is 35.5. The maximum Gasteiger partial charge on any atom is 0.269 e. The molecule has 0 aliphatic rings. The molecule has 1 aromatic heterocycles. The minimum Gasteiger partial charge on any atom is -0.270 e. The Bertz CT molecular complexity index is 1190. The normalized spacial score (nSPS) is 10.9. The smallest absolute Gasteiger partial charge is 0.269 e. The van der Waals surface area contributed by atoms with Crippen molar-refractivity contribution in [3.8, 4) is 17.1 Å². The van der Waals surface area contributed by atoms with Crippen molar-refractivity contribution in [2.24, 2.45) is 0 Å². The van der Waals surface area contributed by atoms with Crippen molar-refractivity contribution in [3.63, 3.8) is 0 Å². The van der Waals surface area contributed by atoms with Crippen molar-refractivity contribution < 1.29 is 4.92 Å². The Kier molecular flexibility index (Phi) is 5.83. The van der Waals surface area contributed by atoms with Crippen LogP contribution in [0.3, 0.4) is 0 Å². The fourth-order valence-corrected chi connectivity index (χ4v) is 4.07. The van der Waals surface area contributed by atoms with Crippen LogP contribution in [0.15, 0.2) is 78.0 Å². The summed E-state index contributed by atoms with van der Waals surface area (Å²) >= 11 is 7.58. The number of nitrogens with zero attached hydrogens (tertiary/aromatic N) is 4. The van der Waals surface area contributed by atoms with Crippen molar-refractivity contribution in [2.45, 2.75) is 17.8 Å². The van der Waals surface area contributed by atoms with Crippen molar-refractivity contribution in [3.05, 3.63) is 99.1 Å². The van der Waals surface area contributed by atoms with Crippen LogP contribution in [0.1, 0.15) is 11.1 Å². The molecule has 0 aliphatic carbocycles. The molecule has 0 aliphatic heterocycles. The molecule has 0 bridgehead atoms. The third kappa shape index (κ3) is 4.22. The lowest BCUT2D eigenvalue weighted by Gasteiger charge is -2.13. The molecule has 0 amide bonds. The average Bonchev–Trinajstić information content (AvgIpc) is 3.17. The van der Waals surface area contributed by atoms with Gasteiger partial charge in [0.1, 0.15) is 0 Å². The molecule has 150 valence electrons. The van der Waals surface area contributed by atoms with Crippen LogP contribution in [-0.4, -0.2) is 19.7 Å². The zero-order valence-corrected chi connectivity index (χ0v) is 17.6. The SMILES string of the molecule is Cc1ccccc1-n1c(SCc2ccc([N+](=O)[O-])cc2)nnc1-c1ccc(Cl)cc1. The lowest BCUT2D eigenvalue weighted by atomic mass is 10.1. The third-order valence-electron chi connectivity index (χ3n) is 4.61. The van der Waals surface area contributed by atoms with E-state index in [0.29, 0.717) is 10.8 Å². The summed E-state index contributed by atoms with van der Waals surface area (Å²) in [7, 11) is 0. The standard InChI is InChI=1S/C22H17ClN4O2S/c1-15-4-2-3-5-20(15)26-21(17-8-10-18(23)11-9-17)24-25-22(26)30-14-16-6-12-19(13-7-16)27(28)29/h2-13H,14H2,1H3. The molecule has 0 N–H and O–H groups in total. The Hall–Kier alpha value is -3.16.